The van der Waals surface area contributed by atoms with Crippen LogP contribution in [0.25, 0.3) is 0 Å². The number of nitrogens with zero attached hydrogens (tertiary/aromatic N) is 1. The predicted octanol–water partition coefficient (Wildman–Crippen LogP) is 4.82. The summed E-state index contributed by atoms with van der Waals surface area (Å²) in [5.74, 6) is -0.255. The van der Waals surface area contributed by atoms with Gasteiger partial charge in [-0.2, -0.15) is 0 Å². The Balaban J connectivity index is 2.03. The zero-order valence-electron chi connectivity index (χ0n) is 17.5. The lowest BCUT2D eigenvalue weighted by molar-refractivity contribution is -0.119. The number of aryl methyl sites for hydroxylation is 1. The van der Waals surface area contributed by atoms with Crippen molar-refractivity contribution in [2.75, 3.05) is 17.9 Å². The Morgan fingerprint density at radius 2 is 1.66 bits per heavy atom. The highest BCUT2D eigenvalue weighted by atomic mass is 35.5. The van der Waals surface area contributed by atoms with Crippen molar-refractivity contribution in [3.05, 3.63) is 87.9 Å². The Bertz CT molecular complexity index is 1200. The number of carbonyl (C=O) groups is 1. The highest BCUT2D eigenvalue weighted by Crippen LogP contribution is 2.38. The molecule has 1 N–H and O–H groups in total. The van der Waals surface area contributed by atoms with Crippen LogP contribution in [0, 0.1) is 6.92 Å². The zero-order chi connectivity index (χ0) is 23.3. The second-order valence-corrected chi connectivity index (χ2v) is 9.68. The maximum atomic E-state index is 13.4. The topological polar surface area (TPSA) is 75.7 Å². The summed E-state index contributed by atoms with van der Waals surface area (Å²) < 4.78 is 33.6. The fraction of sp³-hybridized carbons (Fsp3) is 0.174. The summed E-state index contributed by atoms with van der Waals surface area (Å²) in [6.07, 6.45) is 0. The molecule has 0 heterocycles. The van der Waals surface area contributed by atoms with Crippen LogP contribution in [0.4, 0.5) is 5.69 Å². The summed E-state index contributed by atoms with van der Waals surface area (Å²) in [6.45, 7) is 1.61. The molecule has 0 aromatic heterocycles. The van der Waals surface area contributed by atoms with Gasteiger partial charge in [0.15, 0.2) is 0 Å². The number of amides is 1. The Morgan fingerprint density at radius 3 is 2.28 bits per heavy atom. The lowest BCUT2D eigenvalue weighted by Crippen LogP contribution is -2.40. The van der Waals surface area contributed by atoms with E-state index in [0.717, 1.165) is 15.4 Å². The molecule has 0 saturated carbocycles. The van der Waals surface area contributed by atoms with Crippen LogP contribution in [0.2, 0.25) is 10.0 Å². The number of hydrogen-bond donors (Lipinski definition) is 1. The molecular formula is C23H22Cl2N2O4S. The molecule has 3 aromatic rings. The first kappa shape index (κ1) is 23.9. The van der Waals surface area contributed by atoms with Gasteiger partial charge in [-0.25, -0.2) is 8.42 Å². The van der Waals surface area contributed by atoms with E-state index in [0.29, 0.717) is 0 Å². The van der Waals surface area contributed by atoms with Gasteiger partial charge >= 0.3 is 0 Å². The minimum absolute atomic E-state index is 0.0322. The zero-order valence-corrected chi connectivity index (χ0v) is 19.8. The summed E-state index contributed by atoms with van der Waals surface area (Å²) in [5.41, 5.74) is 1.90. The lowest BCUT2D eigenvalue weighted by Gasteiger charge is -2.25. The van der Waals surface area contributed by atoms with Gasteiger partial charge in [-0.3, -0.25) is 9.10 Å². The second kappa shape index (κ2) is 10.3. The van der Waals surface area contributed by atoms with E-state index in [4.69, 9.17) is 27.9 Å². The minimum Gasteiger partial charge on any atom is -0.487 e. The van der Waals surface area contributed by atoms with Gasteiger partial charge in [-0.15, -0.1) is 0 Å². The van der Waals surface area contributed by atoms with Crippen LogP contribution >= 0.6 is 23.2 Å². The van der Waals surface area contributed by atoms with Crippen molar-refractivity contribution in [3.63, 3.8) is 0 Å². The maximum Gasteiger partial charge on any atom is 0.264 e. The van der Waals surface area contributed by atoms with Crippen LogP contribution in [0.3, 0.4) is 0 Å². The molecule has 9 heteroatoms. The van der Waals surface area contributed by atoms with Gasteiger partial charge in [0.25, 0.3) is 10.0 Å². The smallest absolute Gasteiger partial charge is 0.264 e. The molecule has 6 nitrogen and oxygen atoms in total. The average Bonchev–Trinajstić information content (AvgIpc) is 2.78. The van der Waals surface area contributed by atoms with Crippen LogP contribution in [0.1, 0.15) is 11.1 Å². The molecule has 1 amide bonds. The van der Waals surface area contributed by atoms with E-state index in [2.05, 4.69) is 5.32 Å². The summed E-state index contributed by atoms with van der Waals surface area (Å²) in [5, 5.41) is 2.74. The molecule has 0 atom stereocenters. The third-order valence-electron chi connectivity index (χ3n) is 4.68. The van der Waals surface area contributed by atoms with E-state index in [1.54, 1.807) is 12.1 Å². The van der Waals surface area contributed by atoms with Crippen LogP contribution < -0.4 is 14.4 Å². The molecule has 0 bridgehead atoms. The molecule has 0 saturated heterocycles. The van der Waals surface area contributed by atoms with Crippen LogP contribution in [-0.2, 0) is 21.4 Å². The van der Waals surface area contributed by atoms with E-state index >= 15 is 0 Å². The largest absolute Gasteiger partial charge is 0.487 e. The van der Waals surface area contributed by atoms with Crippen molar-refractivity contribution in [1.82, 2.24) is 5.32 Å². The monoisotopic (exact) mass is 492 g/mol. The number of halogens is 2. The molecular weight excluding hydrogens is 471 g/mol. The molecule has 0 unspecified atom stereocenters. The third-order valence-corrected chi connectivity index (χ3v) is 7.05. The van der Waals surface area contributed by atoms with Crippen LogP contribution in [-0.4, -0.2) is 27.9 Å². The molecule has 0 fully saturated rings. The highest BCUT2D eigenvalue weighted by Gasteiger charge is 2.29. The molecule has 3 rings (SSSR count). The first-order chi connectivity index (χ1) is 15.2. The van der Waals surface area contributed by atoms with Gasteiger partial charge in [0, 0.05) is 13.1 Å². The fourth-order valence-corrected chi connectivity index (χ4v) is 4.92. The lowest BCUT2D eigenvalue weighted by atomic mass is 10.2. The quantitative estimate of drug-likeness (QED) is 0.488. The van der Waals surface area contributed by atoms with Crippen LogP contribution in [0.5, 0.6) is 5.75 Å². The molecule has 0 spiro atoms. The standard InChI is InChI=1S/C23H22Cl2N2O4S/c1-16-8-10-18(11-9-16)32(29,30)27(14-23(28)26-2)21-13-22(20(25)12-19(21)24)31-15-17-6-4-3-5-7-17/h3-13H,14-15H2,1-2H3,(H,26,28). The average molecular weight is 493 g/mol. The van der Waals surface area contributed by atoms with Crippen molar-refractivity contribution in [2.24, 2.45) is 0 Å². The Hall–Kier alpha value is -2.74. The number of hydrogen-bond acceptors (Lipinski definition) is 4. The fourth-order valence-electron chi connectivity index (χ4n) is 2.90. The van der Waals surface area contributed by atoms with Crippen molar-refractivity contribution in [1.29, 1.82) is 0 Å². The molecule has 0 aliphatic rings. The molecule has 0 aliphatic carbocycles. The van der Waals surface area contributed by atoms with Crippen molar-refractivity contribution >= 4 is 44.8 Å². The van der Waals surface area contributed by atoms with Crippen LogP contribution in [0.15, 0.2) is 71.6 Å². The summed E-state index contributed by atoms with van der Waals surface area (Å²) in [6, 6.07) is 18.6. The molecule has 32 heavy (non-hydrogen) atoms. The first-order valence-corrected chi connectivity index (χ1v) is 11.9. The molecule has 0 radical (unpaired) electrons. The van der Waals surface area contributed by atoms with Crippen molar-refractivity contribution in [2.45, 2.75) is 18.4 Å². The summed E-state index contributed by atoms with van der Waals surface area (Å²) in [7, 11) is -2.68. The van der Waals surface area contributed by atoms with Gasteiger partial charge in [-0.05, 0) is 30.7 Å². The number of ether oxygens (including phenoxy) is 1. The Labute approximate surface area is 197 Å². The maximum absolute atomic E-state index is 13.4. The van der Waals surface area contributed by atoms with Crippen molar-refractivity contribution in [3.8, 4) is 5.75 Å². The van der Waals surface area contributed by atoms with Crippen molar-refractivity contribution < 1.29 is 17.9 Å². The number of nitrogens with one attached hydrogen (secondary N) is 1. The number of likely N-dealkylation sites (N-methyl/N-ethyl adjacent to an activating group) is 1. The first-order valence-electron chi connectivity index (χ1n) is 9.68. The van der Waals surface area contributed by atoms with Gasteiger partial charge < -0.3 is 10.1 Å². The molecule has 3 aromatic carbocycles. The van der Waals surface area contributed by atoms with E-state index in [-0.39, 0.29) is 33.0 Å². The molecule has 168 valence electrons. The predicted molar refractivity (Wildman–Crippen MR) is 127 cm³/mol. The second-order valence-electron chi connectivity index (χ2n) is 7.01. The van der Waals surface area contributed by atoms with E-state index in [9.17, 15) is 13.2 Å². The number of anilines is 1. The highest BCUT2D eigenvalue weighted by molar-refractivity contribution is 7.92. The van der Waals surface area contributed by atoms with Gasteiger partial charge in [0.05, 0.1) is 20.6 Å². The van der Waals surface area contributed by atoms with E-state index < -0.39 is 22.5 Å². The number of sulfonamides is 1. The van der Waals surface area contributed by atoms with Gasteiger partial charge in [0.2, 0.25) is 5.91 Å². The minimum atomic E-state index is -4.11. The number of benzene rings is 3. The Morgan fingerprint density at radius 1 is 1.00 bits per heavy atom. The summed E-state index contributed by atoms with van der Waals surface area (Å²) >= 11 is 12.7. The number of carbonyl (C=O) groups excluding carboxylic acids is 1. The van der Waals surface area contributed by atoms with E-state index in [1.165, 1.54) is 31.3 Å². The third kappa shape index (κ3) is 5.54. The number of rotatable bonds is 8. The van der Waals surface area contributed by atoms with Gasteiger partial charge in [-0.1, -0.05) is 71.2 Å². The molecule has 0 aliphatic heterocycles. The normalized spacial score (nSPS) is 11.1. The SMILES string of the molecule is CNC(=O)CN(c1cc(OCc2ccccc2)c(Cl)cc1Cl)S(=O)(=O)c1ccc(C)cc1. The summed E-state index contributed by atoms with van der Waals surface area (Å²) in [4.78, 5) is 12.2. The van der Waals surface area contributed by atoms with E-state index in [1.807, 2.05) is 37.3 Å². The van der Waals surface area contributed by atoms with Gasteiger partial charge in [0.1, 0.15) is 18.9 Å². The Kier molecular flexibility index (Phi) is 7.66.